The molecule has 3 nitrogen and oxygen atoms in total. The Balaban J connectivity index is 2.30. The average molecular weight is 266 g/mol. The maximum atomic E-state index is 13.4. The predicted octanol–water partition coefficient (Wildman–Crippen LogP) is 1.92. The van der Waals surface area contributed by atoms with Gasteiger partial charge in [-0.25, -0.2) is 4.39 Å². The van der Waals surface area contributed by atoms with E-state index in [1.54, 1.807) is 12.1 Å². The lowest BCUT2D eigenvalue weighted by Crippen LogP contribution is -2.44. The molecule has 4 atom stereocenters. The molecule has 3 N–H and O–H groups in total. The van der Waals surface area contributed by atoms with Gasteiger partial charge in [0.1, 0.15) is 5.82 Å². The summed E-state index contributed by atoms with van der Waals surface area (Å²) in [5, 5.41) is 9.58. The van der Waals surface area contributed by atoms with Crippen molar-refractivity contribution >= 4 is 0 Å². The molecule has 0 spiro atoms. The van der Waals surface area contributed by atoms with Crippen LogP contribution in [-0.2, 0) is 0 Å². The third-order valence-electron chi connectivity index (χ3n) is 4.16. The molecular formula is C15H23FN2O. The number of hydrogen-bond donors (Lipinski definition) is 2. The molecule has 1 aliphatic rings. The Morgan fingerprint density at radius 1 is 1.53 bits per heavy atom. The Kier molecular flexibility index (Phi) is 4.55. The van der Waals surface area contributed by atoms with Crippen molar-refractivity contribution in [1.82, 2.24) is 4.90 Å². The Labute approximate surface area is 114 Å². The predicted molar refractivity (Wildman–Crippen MR) is 74.2 cm³/mol. The summed E-state index contributed by atoms with van der Waals surface area (Å²) in [6, 6.07) is 6.57. The Bertz CT molecular complexity index is 424. The van der Waals surface area contributed by atoms with Crippen LogP contribution in [0.15, 0.2) is 24.3 Å². The highest BCUT2D eigenvalue weighted by Gasteiger charge is 2.37. The molecule has 1 fully saturated rings. The normalized spacial score (nSPS) is 27.4. The SMILES string of the molecule is CC(N)C(c1cccc(F)c1)N1CCC(C)C1CO. The fraction of sp³-hybridized carbons (Fsp3) is 0.600. The van der Waals surface area contributed by atoms with Gasteiger partial charge in [0.25, 0.3) is 0 Å². The highest BCUT2D eigenvalue weighted by Crippen LogP contribution is 2.34. The van der Waals surface area contributed by atoms with E-state index in [4.69, 9.17) is 5.73 Å². The van der Waals surface area contributed by atoms with Crippen LogP contribution in [0.1, 0.15) is 31.9 Å². The molecule has 1 aliphatic heterocycles. The molecule has 1 aromatic carbocycles. The summed E-state index contributed by atoms with van der Waals surface area (Å²) in [4.78, 5) is 2.23. The van der Waals surface area contributed by atoms with Crippen molar-refractivity contribution in [2.75, 3.05) is 13.2 Å². The molecule has 4 unspecified atom stereocenters. The van der Waals surface area contributed by atoms with Crippen LogP contribution >= 0.6 is 0 Å². The molecule has 0 amide bonds. The summed E-state index contributed by atoms with van der Waals surface area (Å²) in [7, 11) is 0. The third-order valence-corrected chi connectivity index (χ3v) is 4.16. The molecule has 19 heavy (non-hydrogen) atoms. The van der Waals surface area contributed by atoms with Crippen molar-refractivity contribution < 1.29 is 9.50 Å². The van der Waals surface area contributed by atoms with Crippen molar-refractivity contribution in [3.8, 4) is 0 Å². The maximum absolute atomic E-state index is 13.4. The van der Waals surface area contributed by atoms with Gasteiger partial charge in [-0.3, -0.25) is 4.90 Å². The van der Waals surface area contributed by atoms with Gasteiger partial charge >= 0.3 is 0 Å². The second-order valence-electron chi connectivity index (χ2n) is 5.61. The second-order valence-corrected chi connectivity index (χ2v) is 5.61. The zero-order chi connectivity index (χ0) is 14.0. The minimum absolute atomic E-state index is 0.0437. The lowest BCUT2D eigenvalue weighted by Gasteiger charge is -2.36. The summed E-state index contributed by atoms with van der Waals surface area (Å²) in [5.41, 5.74) is 7.01. The minimum atomic E-state index is -0.240. The van der Waals surface area contributed by atoms with Crippen molar-refractivity contribution in [3.63, 3.8) is 0 Å². The van der Waals surface area contributed by atoms with Gasteiger partial charge in [0.05, 0.1) is 12.6 Å². The number of nitrogens with zero attached hydrogens (tertiary/aromatic N) is 1. The van der Waals surface area contributed by atoms with Crippen LogP contribution in [0.4, 0.5) is 4.39 Å². The number of rotatable bonds is 4. The van der Waals surface area contributed by atoms with E-state index in [0.29, 0.717) is 5.92 Å². The smallest absolute Gasteiger partial charge is 0.123 e. The monoisotopic (exact) mass is 266 g/mol. The van der Waals surface area contributed by atoms with Crippen LogP contribution in [0.2, 0.25) is 0 Å². The van der Waals surface area contributed by atoms with Crippen LogP contribution in [0, 0.1) is 11.7 Å². The van der Waals surface area contributed by atoms with Crippen LogP contribution in [0.5, 0.6) is 0 Å². The van der Waals surface area contributed by atoms with E-state index in [0.717, 1.165) is 18.5 Å². The van der Waals surface area contributed by atoms with E-state index in [2.05, 4.69) is 11.8 Å². The van der Waals surface area contributed by atoms with Gasteiger partial charge in [-0.1, -0.05) is 19.1 Å². The third kappa shape index (κ3) is 2.96. The largest absolute Gasteiger partial charge is 0.395 e. The lowest BCUT2D eigenvalue weighted by atomic mass is 9.97. The first-order valence-electron chi connectivity index (χ1n) is 6.92. The molecule has 0 aromatic heterocycles. The quantitative estimate of drug-likeness (QED) is 0.875. The zero-order valence-electron chi connectivity index (χ0n) is 11.6. The van der Waals surface area contributed by atoms with Gasteiger partial charge in [-0.2, -0.15) is 0 Å². The zero-order valence-corrected chi connectivity index (χ0v) is 11.6. The molecule has 106 valence electrons. The second kappa shape index (κ2) is 5.99. The molecule has 1 saturated heterocycles. The van der Waals surface area contributed by atoms with Crippen molar-refractivity contribution in [2.45, 2.75) is 38.4 Å². The first-order chi connectivity index (χ1) is 9.04. The summed E-state index contributed by atoms with van der Waals surface area (Å²) in [5.74, 6) is 0.204. The molecular weight excluding hydrogens is 243 g/mol. The fourth-order valence-corrected chi connectivity index (χ4v) is 3.16. The van der Waals surface area contributed by atoms with E-state index >= 15 is 0 Å². The fourth-order valence-electron chi connectivity index (χ4n) is 3.16. The first kappa shape index (κ1) is 14.4. The summed E-state index contributed by atoms with van der Waals surface area (Å²) >= 11 is 0. The van der Waals surface area contributed by atoms with Crippen LogP contribution < -0.4 is 5.73 Å². The molecule has 2 rings (SSSR count). The maximum Gasteiger partial charge on any atom is 0.123 e. The topological polar surface area (TPSA) is 49.5 Å². The van der Waals surface area contributed by atoms with E-state index in [1.165, 1.54) is 6.07 Å². The Hall–Kier alpha value is -0.970. The number of benzene rings is 1. The highest BCUT2D eigenvalue weighted by molar-refractivity contribution is 5.22. The Morgan fingerprint density at radius 2 is 2.26 bits per heavy atom. The van der Waals surface area contributed by atoms with E-state index in [9.17, 15) is 9.50 Å². The highest BCUT2D eigenvalue weighted by atomic mass is 19.1. The Morgan fingerprint density at radius 3 is 2.84 bits per heavy atom. The van der Waals surface area contributed by atoms with Crippen LogP contribution in [0.3, 0.4) is 0 Å². The van der Waals surface area contributed by atoms with E-state index in [1.807, 2.05) is 13.0 Å². The number of aliphatic hydroxyl groups excluding tert-OH is 1. The van der Waals surface area contributed by atoms with Crippen molar-refractivity contribution in [2.24, 2.45) is 11.7 Å². The van der Waals surface area contributed by atoms with Gasteiger partial charge in [-0.05, 0) is 43.5 Å². The lowest BCUT2D eigenvalue weighted by molar-refractivity contribution is 0.0926. The first-order valence-corrected chi connectivity index (χ1v) is 6.92. The number of halogens is 1. The van der Waals surface area contributed by atoms with Gasteiger partial charge < -0.3 is 10.8 Å². The minimum Gasteiger partial charge on any atom is -0.395 e. The number of hydrogen-bond acceptors (Lipinski definition) is 3. The van der Waals surface area contributed by atoms with Crippen LogP contribution in [-0.4, -0.2) is 35.2 Å². The molecule has 0 aliphatic carbocycles. The van der Waals surface area contributed by atoms with Gasteiger partial charge in [0.15, 0.2) is 0 Å². The number of aliphatic hydroxyl groups is 1. The number of likely N-dealkylation sites (tertiary alicyclic amines) is 1. The van der Waals surface area contributed by atoms with Gasteiger partial charge in [0, 0.05) is 12.1 Å². The molecule has 1 aromatic rings. The van der Waals surface area contributed by atoms with Crippen molar-refractivity contribution in [3.05, 3.63) is 35.6 Å². The number of nitrogens with two attached hydrogens (primary N) is 1. The summed E-state index contributed by atoms with van der Waals surface area (Å²) < 4.78 is 13.4. The molecule has 1 heterocycles. The average Bonchev–Trinajstić information content (AvgIpc) is 2.70. The van der Waals surface area contributed by atoms with Gasteiger partial charge in [-0.15, -0.1) is 0 Å². The summed E-state index contributed by atoms with van der Waals surface area (Å²) in [6.07, 6.45) is 1.05. The standard InChI is InChI=1S/C15H23FN2O/c1-10-6-7-18(14(10)9-19)15(11(2)17)12-4-3-5-13(16)8-12/h3-5,8,10-11,14-15,19H,6-7,9,17H2,1-2H3. The molecule has 0 radical (unpaired) electrons. The van der Waals surface area contributed by atoms with E-state index in [-0.39, 0.29) is 30.5 Å². The van der Waals surface area contributed by atoms with Crippen LogP contribution in [0.25, 0.3) is 0 Å². The van der Waals surface area contributed by atoms with Crippen molar-refractivity contribution in [1.29, 1.82) is 0 Å². The molecule has 0 bridgehead atoms. The van der Waals surface area contributed by atoms with E-state index < -0.39 is 0 Å². The molecule has 4 heteroatoms. The molecule has 0 saturated carbocycles. The summed E-state index contributed by atoms with van der Waals surface area (Å²) in [6.45, 7) is 5.10. The van der Waals surface area contributed by atoms with Gasteiger partial charge in [0.2, 0.25) is 0 Å².